The van der Waals surface area contributed by atoms with Crippen LogP contribution in [0.3, 0.4) is 0 Å². The average Bonchev–Trinajstić information content (AvgIpc) is 2.52. The number of benzene rings is 2. The molecule has 3 N–H and O–H groups in total. The van der Waals surface area contributed by atoms with Gasteiger partial charge in [0.05, 0.1) is 0 Å². The van der Waals surface area contributed by atoms with E-state index in [1.54, 1.807) is 0 Å². The van der Waals surface area contributed by atoms with Crippen molar-refractivity contribution in [2.45, 2.75) is 6.42 Å². The highest BCUT2D eigenvalue weighted by Crippen LogP contribution is 2.12. The van der Waals surface area contributed by atoms with Crippen LogP contribution < -0.4 is 16.0 Å². The second-order valence-corrected chi connectivity index (χ2v) is 5.42. The van der Waals surface area contributed by atoms with Gasteiger partial charge in [-0.3, -0.25) is 0 Å². The highest BCUT2D eigenvalue weighted by atomic mass is 32.1. The lowest BCUT2D eigenvalue weighted by Gasteiger charge is -2.19. The van der Waals surface area contributed by atoms with Crippen molar-refractivity contribution >= 4 is 28.6 Å². The Kier molecular flexibility index (Phi) is 5.58. The molecule has 0 spiro atoms. The smallest absolute Gasteiger partial charge is 0.103 e. The highest BCUT2D eigenvalue weighted by Gasteiger charge is 2.00. The maximum absolute atomic E-state index is 5.58. The Hall–Kier alpha value is -2.07. The van der Waals surface area contributed by atoms with Crippen LogP contribution in [0.5, 0.6) is 0 Å². The Morgan fingerprint density at radius 2 is 1.76 bits per heavy atom. The van der Waals surface area contributed by atoms with E-state index in [2.05, 4.69) is 41.5 Å². The molecule has 4 heteroatoms. The molecule has 0 amide bonds. The van der Waals surface area contributed by atoms with Gasteiger partial charge in [-0.2, -0.15) is 0 Å². The molecular weight excluding hydrogens is 278 g/mol. The lowest BCUT2D eigenvalue weighted by atomic mass is 10.2. The van der Waals surface area contributed by atoms with Crippen molar-refractivity contribution in [3.05, 3.63) is 60.2 Å². The quantitative estimate of drug-likeness (QED) is 0.608. The first-order chi connectivity index (χ1) is 10.2. The van der Waals surface area contributed by atoms with E-state index < -0.39 is 0 Å². The summed E-state index contributed by atoms with van der Waals surface area (Å²) in [5.41, 5.74) is 8.82. The Labute approximate surface area is 131 Å². The third-order valence-electron chi connectivity index (χ3n) is 3.37. The summed E-state index contributed by atoms with van der Waals surface area (Å²) in [6, 6.07) is 18.3. The van der Waals surface area contributed by atoms with Crippen LogP contribution >= 0.6 is 12.2 Å². The topological polar surface area (TPSA) is 41.3 Å². The lowest BCUT2D eigenvalue weighted by molar-refractivity contribution is 0.816. The number of thiocarbonyl (C=S) groups is 1. The van der Waals surface area contributed by atoms with E-state index in [1.807, 2.05) is 30.3 Å². The fourth-order valence-corrected chi connectivity index (χ4v) is 2.25. The highest BCUT2D eigenvalue weighted by molar-refractivity contribution is 7.80. The van der Waals surface area contributed by atoms with Crippen LogP contribution in [0, 0.1) is 0 Å². The van der Waals surface area contributed by atoms with Crippen molar-refractivity contribution < 1.29 is 0 Å². The first-order valence-electron chi connectivity index (χ1n) is 7.07. The van der Waals surface area contributed by atoms with Gasteiger partial charge in [-0.1, -0.05) is 30.4 Å². The van der Waals surface area contributed by atoms with Gasteiger partial charge >= 0.3 is 0 Å². The molecule has 110 valence electrons. The average molecular weight is 299 g/mol. The molecule has 2 aromatic rings. The predicted octanol–water partition coefficient (Wildman–Crippen LogP) is 3.26. The molecule has 0 bridgehead atoms. The molecule has 0 saturated carbocycles. The Balaban J connectivity index is 1.73. The summed E-state index contributed by atoms with van der Waals surface area (Å²) in [6.45, 7) is 1.95. The number of nitrogens with zero attached hydrogens (tertiary/aromatic N) is 1. The molecule has 0 atom stereocenters. The lowest BCUT2D eigenvalue weighted by Crippen LogP contribution is -2.20. The third kappa shape index (κ3) is 4.76. The largest absolute Gasteiger partial charge is 0.389 e. The molecule has 0 saturated heterocycles. The van der Waals surface area contributed by atoms with Gasteiger partial charge in [-0.15, -0.1) is 0 Å². The number of anilines is 2. The van der Waals surface area contributed by atoms with Crippen LogP contribution in [-0.2, 0) is 0 Å². The van der Waals surface area contributed by atoms with Crippen molar-refractivity contribution in [2.24, 2.45) is 5.73 Å². The number of hydrogen-bond donors (Lipinski definition) is 2. The van der Waals surface area contributed by atoms with E-state index in [1.165, 1.54) is 5.69 Å². The number of rotatable bonds is 7. The van der Waals surface area contributed by atoms with Crippen molar-refractivity contribution in [1.29, 1.82) is 0 Å². The van der Waals surface area contributed by atoms with Crippen molar-refractivity contribution in [3.8, 4) is 0 Å². The zero-order chi connectivity index (χ0) is 15.1. The molecule has 2 aromatic carbocycles. The first kappa shape index (κ1) is 15.3. The zero-order valence-corrected chi connectivity index (χ0v) is 13.1. The molecule has 21 heavy (non-hydrogen) atoms. The van der Waals surface area contributed by atoms with E-state index >= 15 is 0 Å². The van der Waals surface area contributed by atoms with Gasteiger partial charge in [-0.05, 0) is 42.8 Å². The molecule has 3 nitrogen and oxygen atoms in total. The second kappa shape index (κ2) is 7.64. The van der Waals surface area contributed by atoms with E-state index in [9.17, 15) is 0 Å². The Bertz CT molecular complexity index is 566. The van der Waals surface area contributed by atoms with Crippen molar-refractivity contribution in [1.82, 2.24) is 0 Å². The van der Waals surface area contributed by atoms with Crippen LogP contribution in [0.1, 0.15) is 12.0 Å². The van der Waals surface area contributed by atoms with Gasteiger partial charge in [0.2, 0.25) is 0 Å². The minimum atomic E-state index is 0.436. The van der Waals surface area contributed by atoms with Crippen LogP contribution in [-0.4, -0.2) is 25.1 Å². The fraction of sp³-hybridized carbons (Fsp3) is 0.235. The van der Waals surface area contributed by atoms with Gasteiger partial charge in [0.15, 0.2) is 0 Å². The molecule has 0 unspecified atom stereocenters. The number of hydrogen-bond acceptors (Lipinski definition) is 3. The summed E-state index contributed by atoms with van der Waals surface area (Å²) in [5, 5.41) is 3.41. The first-order valence-corrected chi connectivity index (χ1v) is 7.47. The maximum atomic E-state index is 5.58. The SMILES string of the molecule is CN(CCCNc1ccc(C(N)=S)cc1)c1ccccc1. The molecule has 0 aliphatic carbocycles. The van der Waals surface area contributed by atoms with Gasteiger partial charge in [0.25, 0.3) is 0 Å². The van der Waals surface area contributed by atoms with E-state index in [0.29, 0.717) is 4.99 Å². The molecular formula is C17H21N3S. The van der Waals surface area contributed by atoms with Gasteiger partial charge in [0, 0.05) is 37.1 Å². The van der Waals surface area contributed by atoms with Gasteiger partial charge in [-0.25, -0.2) is 0 Å². The summed E-state index contributed by atoms with van der Waals surface area (Å²) in [5.74, 6) is 0. The molecule has 0 aliphatic rings. The zero-order valence-electron chi connectivity index (χ0n) is 12.3. The van der Waals surface area contributed by atoms with E-state index in [-0.39, 0.29) is 0 Å². The van der Waals surface area contributed by atoms with Gasteiger partial charge in [0.1, 0.15) is 4.99 Å². The second-order valence-electron chi connectivity index (χ2n) is 4.98. The van der Waals surface area contributed by atoms with Crippen LogP contribution in [0.25, 0.3) is 0 Å². The van der Waals surface area contributed by atoms with E-state index in [4.69, 9.17) is 18.0 Å². The normalized spacial score (nSPS) is 10.1. The third-order valence-corrected chi connectivity index (χ3v) is 3.60. The summed E-state index contributed by atoms with van der Waals surface area (Å²) in [6.07, 6.45) is 1.07. The minimum absolute atomic E-state index is 0.436. The van der Waals surface area contributed by atoms with Crippen LogP contribution in [0.15, 0.2) is 54.6 Å². The maximum Gasteiger partial charge on any atom is 0.103 e. The van der Waals surface area contributed by atoms with Crippen LogP contribution in [0.2, 0.25) is 0 Å². The minimum Gasteiger partial charge on any atom is -0.389 e. The van der Waals surface area contributed by atoms with E-state index in [0.717, 1.165) is 30.8 Å². The predicted molar refractivity (Wildman–Crippen MR) is 95.1 cm³/mol. The number of para-hydroxylation sites is 1. The number of nitrogens with two attached hydrogens (primary N) is 1. The standard InChI is InChI=1S/C17H21N3S/c1-20(16-6-3-2-4-7-16)13-5-12-19-15-10-8-14(9-11-15)17(18)21/h2-4,6-11,19H,5,12-13H2,1H3,(H2,18,21). The van der Waals surface area contributed by atoms with Crippen molar-refractivity contribution in [2.75, 3.05) is 30.4 Å². The monoisotopic (exact) mass is 299 g/mol. The summed E-state index contributed by atoms with van der Waals surface area (Å²) in [7, 11) is 2.12. The molecule has 0 aromatic heterocycles. The molecule has 0 fully saturated rings. The molecule has 0 aliphatic heterocycles. The summed E-state index contributed by atoms with van der Waals surface area (Å²) < 4.78 is 0. The van der Waals surface area contributed by atoms with Gasteiger partial charge < -0.3 is 16.0 Å². The molecule has 0 radical (unpaired) electrons. The fourth-order valence-electron chi connectivity index (χ4n) is 2.11. The van der Waals surface area contributed by atoms with Crippen LogP contribution in [0.4, 0.5) is 11.4 Å². The Morgan fingerprint density at radius 1 is 1.10 bits per heavy atom. The Morgan fingerprint density at radius 3 is 2.38 bits per heavy atom. The molecule has 0 heterocycles. The summed E-state index contributed by atoms with van der Waals surface area (Å²) >= 11 is 4.94. The van der Waals surface area contributed by atoms with Crippen molar-refractivity contribution in [3.63, 3.8) is 0 Å². The molecule has 2 rings (SSSR count). The number of nitrogens with one attached hydrogen (secondary N) is 1. The summed E-state index contributed by atoms with van der Waals surface area (Å²) in [4.78, 5) is 2.70.